The SMILES string of the molecule is OC(Cc1ccccc1)c1cc(F)cc(F)c1. The fourth-order valence-corrected chi connectivity index (χ4v) is 1.72. The van der Waals surface area contributed by atoms with E-state index in [2.05, 4.69) is 0 Å². The Balaban J connectivity index is 2.17. The summed E-state index contributed by atoms with van der Waals surface area (Å²) in [5.74, 6) is -1.35. The van der Waals surface area contributed by atoms with Crippen molar-refractivity contribution >= 4 is 0 Å². The van der Waals surface area contributed by atoms with Gasteiger partial charge in [-0.3, -0.25) is 0 Å². The third-order valence-electron chi connectivity index (χ3n) is 2.54. The van der Waals surface area contributed by atoms with E-state index in [1.807, 2.05) is 30.3 Å². The largest absolute Gasteiger partial charge is 0.388 e. The maximum atomic E-state index is 13.0. The van der Waals surface area contributed by atoms with E-state index in [1.54, 1.807) is 0 Å². The van der Waals surface area contributed by atoms with Crippen molar-refractivity contribution in [3.05, 3.63) is 71.3 Å². The standard InChI is InChI=1S/C14H12F2O/c15-12-7-11(8-13(16)9-12)14(17)6-10-4-2-1-3-5-10/h1-5,7-9,14,17H,6H2. The van der Waals surface area contributed by atoms with Gasteiger partial charge in [-0.2, -0.15) is 0 Å². The molecular formula is C14H12F2O. The highest BCUT2D eigenvalue weighted by molar-refractivity contribution is 5.23. The molecule has 1 N–H and O–H groups in total. The molecule has 0 bridgehead atoms. The van der Waals surface area contributed by atoms with Crippen LogP contribution in [0.25, 0.3) is 0 Å². The fourth-order valence-electron chi connectivity index (χ4n) is 1.72. The van der Waals surface area contributed by atoms with E-state index in [4.69, 9.17) is 0 Å². The predicted octanol–water partition coefficient (Wildman–Crippen LogP) is 3.24. The van der Waals surface area contributed by atoms with Gasteiger partial charge in [-0.05, 0) is 23.3 Å². The Morgan fingerprint density at radius 3 is 2.12 bits per heavy atom. The van der Waals surface area contributed by atoms with E-state index in [0.717, 1.165) is 23.8 Å². The summed E-state index contributed by atoms with van der Waals surface area (Å²) in [7, 11) is 0. The first kappa shape index (κ1) is 11.7. The van der Waals surface area contributed by atoms with Gasteiger partial charge in [0.05, 0.1) is 6.10 Å². The first-order valence-corrected chi connectivity index (χ1v) is 5.33. The summed E-state index contributed by atoms with van der Waals surface area (Å²) in [5, 5.41) is 9.89. The summed E-state index contributed by atoms with van der Waals surface area (Å²) in [6.07, 6.45) is -0.563. The monoisotopic (exact) mass is 234 g/mol. The van der Waals surface area contributed by atoms with Crippen LogP contribution in [-0.2, 0) is 6.42 Å². The molecule has 1 unspecified atom stereocenters. The zero-order valence-electron chi connectivity index (χ0n) is 9.11. The molecule has 0 saturated heterocycles. The van der Waals surface area contributed by atoms with E-state index in [-0.39, 0.29) is 5.56 Å². The quantitative estimate of drug-likeness (QED) is 0.864. The van der Waals surface area contributed by atoms with Crippen molar-refractivity contribution in [1.29, 1.82) is 0 Å². The molecule has 0 saturated carbocycles. The molecule has 0 fully saturated rings. The van der Waals surface area contributed by atoms with Crippen LogP contribution < -0.4 is 0 Å². The second-order valence-electron chi connectivity index (χ2n) is 3.91. The molecule has 0 spiro atoms. The lowest BCUT2D eigenvalue weighted by Gasteiger charge is -2.11. The lowest BCUT2D eigenvalue weighted by Crippen LogP contribution is -2.02. The highest BCUT2D eigenvalue weighted by atomic mass is 19.1. The lowest BCUT2D eigenvalue weighted by molar-refractivity contribution is 0.177. The van der Waals surface area contributed by atoms with Gasteiger partial charge in [-0.25, -0.2) is 8.78 Å². The van der Waals surface area contributed by atoms with Gasteiger partial charge in [0.1, 0.15) is 11.6 Å². The molecule has 0 radical (unpaired) electrons. The molecule has 1 atom stereocenters. The van der Waals surface area contributed by atoms with Gasteiger partial charge in [-0.1, -0.05) is 30.3 Å². The minimum Gasteiger partial charge on any atom is -0.388 e. The number of aliphatic hydroxyl groups is 1. The van der Waals surface area contributed by atoms with Crippen LogP contribution in [0.4, 0.5) is 8.78 Å². The van der Waals surface area contributed by atoms with Gasteiger partial charge in [0.25, 0.3) is 0 Å². The van der Waals surface area contributed by atoms with Crippen LogP contribution in [0.5, 0.6) is 0 Å². The molecule has 0 heterocycles. The van der Waals surface area contributed by atoms with Gasteiger partial charge in [-0.15, -0.1) is 0 Å². The number of hydrogen-bond acceptors (Lipinski definition) is 1. The second kappa shape index (κ2) is 5.06. The van der Waals surface area contributed by atoms with E-state index in [0.29, 0.717) is 6.42 Å². The first-order valence-electron chi connectivity index (χ1n) is 5.33. The molecule has 0 aliphatic heterocycles. The molecule has 1 nitrogen and oxygen atoms in total. The van der Waals surface area contributed by atoms with E-state index in [9.17, 15) is 13.9 Å². The highest BCUT2D eigenvalue weighted by Gasteiger charge is 2.11. The molecule has 3 heteroatoms. The van der Waals surface area contributed by atoms with Gasteiger partial charge < -0.3 is 5.11 Å². The van der Waals surface area contributed by atoms with Crippen LogP contribution in [0.1, 0.15) is 17.2 Å². The smallest absolute Gasteiger partial charge is 0.126 e. The fraction of sp³-hybridized carbons (Fsp3) is 0.143. The molecule has 0 aromatic heterocycles. The van der Waals surface area contributed by atoms with Crippen molar-refractivity contribution in [1.82, 2.24) is 0 Å². The van der Waals surface area contributed by atoms with Crippen LogP contribution >= 0.6 is 0 Å². The third-order valence-corrected chi connectivity index (χ3v) is 2.54. The molecular weight excluding hydrogens is 222 g/mol. The van der Waals surface area contributed by atoms with E-state index < -0.39 is 17.7 Å². The van der Waals surface area contributed by atoms with E-state index >= 15 is 0 Å². The van der Waals surface area contributed by atoms with Crippen LogP contribution in [0, 0.1) is 11.6 Å². The Morgan fingerprint density at radius 2 is 1.53 bits per heavy atom. The molecule has 2 aromatic rings. The Bertz CT molecular complexity index is 477. The molecule has 0 amide bonds. The van der Waals surface area contributed by atoms with Crippen LogP contribution in [0.2, 0.25) is 0 Å². The van der Waals surface area contributed by atoms with Crippen LogP contribution in [0.3, 0.4) is 0 Å². The summed E-state index contributed by atoms with van der Waals surface area (Å²) in [6, 6.07) is 12.4. The summed E-state index contributed by atoms with van der Waals surface area (Å²) >= 11 is 0. The third kappa shape index (κ3) is 3.11. The maximum Gasteiger partial charge on any atom is 0.126 e. The molecule has 0 aliphatic rings. The Labute approximate surface area is 98.3 Å². The van der Waals surface area contributed by atoms with Crippen LogP contribution in [-0.4, -0.2) is 5.11 Å². The summed E-state index contributed by atoms with van der Waals surface area (Å²) in [5.41, 5.74) is 1.18. The van der Waals surface area contributed by atoms with Gasteiger partial charge in [0.2, 0.25) is 0 Å². The number of hydrogen-bond donors (Lipinski definition) is 1. The van der Waals surface area contributed by atoms with Gasteiger partial charge in [0.15, 0.2) is 0 Å². The van der Waals surface area contributed by atoms with Crippen molar-refractivity contribution in [3.8, 4) is 0 Å². The van der Waals surface area contributed by atoms with E-state index in [1.165, 1.54) is 0 Å². The zero-order chi connectivity index (χ0) is 12.3. The maximum absolute atomic E-state index is 13.0. The molecule has 17 heavy (non-hydrogen) atoms. The number of halogens is 2. The van der Waals surface area contributed by atoms with Gasteiger partial charge in [0, 0.05) is 12.5 Å². The number of benzene rings is 2. The molecule has 2 aromatic carbocycles. The number of aliphatic hydroxyl groups excluding tert-OH is 1. The molecule has 2 rings (SSSR count). The van der Waals surface area contributed by atoms with Gasteiger partial charge >= 0.3 is 0 Å². The van der Waals surface area contributed by atoms with Crippen molar-refractivity contribution < 1.29 is 13.9 Å². The highest BCUT2D eigenvalue weighted by Crippen LogP contribution is 2.20. The molecule has 88 valence electrons. The first-order chi connectivity index (χ1) is 8.15. The van der Waals surface area contributed by atoms with Crippen molar-refractivity contribution in [2.45, 2.75) is 12.5 Å². The zero-order valence-corrected chi connectivity index (χ0v) is 9.11. The summed E-state index contributed by atoms with van der Waals surface area (Å²) < 4.78 is 26.0. The summed E-state index contributed by atoms with van der Waals surface area (Å²) in [6.45, 7) is 0. The summed E-state index contributed by atoms with van der Waals surface area (Å²) in [4.78, 5) is 0. The normalized spacial score (nSPS) is 12.4. The number of rotatable bonds is 3. The van der Waals surface area contributed by atoms with Crippen molar-refractivity contribution in [2.75, 3.05) is 0 Å². The average molecular weight is 234 g/mol. The Kier molecular flexibility index (Phi) is 3.49. The topological polar surface area (TPSA) is 20.2 Å². The minimum absolute atomic E-state index is 0.256. The predicted molar refractivity (Wildman–Crippen MR) is 61.5 cm³/mol. The van der Waals surface area contributed by atoms with Crippen molar-refractivity contribution in [2.24, 2.45) is 0 Å². The minimum atomic E-state index is -0.900. The Morgan fingerprint density at radius 1 is 0.941 bits per heavy atom. The lowest BCUT2D eigenvalue weighted by atomic mass is 10.0. The van der Waals surface area contributed by atoms with Crippen molar-refractivity contribution in [3.63, 3.8) is 0 Å². The van der Waals surface area contributed by atoms with Crippen LogP contribution in [0.15, 0.2) is 48.5 Å². The average Bonchev–Trinajstić information content (AvgIpc) is 2.29. The Hall–Kier alpha value is -1.74. The molecule has 0 aliphatic carbocycles. The second-order valence-corrected chi connectivity index (χ2v) is 3.91.